The Balaban J connectivity index is 1.84. The number of nitrogens with one attached hydrogen (secondary N) is 1. The van der Waals surface area contributed by atoms with Crippen LogP contribution in [-0.4, -0.2) is 30.5 Å². The number of aromatic nitrogens is 2. The third kappa shape index (κ3) is 3.99. The lowest BCUT2D eigenvalue weighted by Crippen LogP contribution is -2.19. The molecule has 0 radical (unpaired) electrons. The van der Waals surface area contributed by atoms with Crippen LogP contribution in [0.5, 0.6) is 11.5 Å². The second kappa shape index (κ2) is 6.80. The highest BCUT2D eigenvalue weighted by Crippen LogP contribution is 2.22. The van der Waals surface area contributed by atoms with Gasteiger partial charge in [-0.25, -0.2) is 0 Å². The summed E-state index contributed by atoms with van der Waals surface area (Å²) < 4.78 is 12.4. The molecule has 0 saturated carbocycles. The zero-order valence-electron chi connectivity index (χ0n) is 11.3. The summed E-state index contributed by atoms with van der Waals surface area (Å²) in [6.45, 7) is 2.49. The molecule has 2 rings (SSSR count). The van der Waals surface area contributed by atoms with E-state index in [2.05, 4.69) is 10.4 Å². The quantitative estimate of drug-likeness (QED) is 0.771. The van der Waals surface area contributed by atoms with Gasteiger partial charge in [0.15, 0.2) is 0 Å². The molecule has 5 nitrogen and oxygen atoms in total. The normalized spacial score (nSPS) is 10.4. The SMILES string of the molecule is COc1cc(CNCCn2cccn2)cc(OC)c1. The first-order chi connectivity index (χ1) is 9.31. The second-order valence-corrected chi connectivity index (χ2v) is 4.17. The van der Waals surface area contributed by atoms with Crippen molar-refractivity contribution in [3.63, 3.8) is 0 Å². The Kier molecular flexibility index (Phi) is 4.80. The van der Waals surface area contributed by atoms with Crippen LogP contribution in [0, 0.1) is 0 Å². The molecule has 0 aliphatic rings. The van der Waals surface area contributed by atoms with Crippen LogP contribution in [-0.2, 0) is 13.1 Å². The van der Waals surface area contributed by atoms with Crippen LogP contribution in [0.15, 0.2) is 36.7 Å². The maximum atomic E-state index is 5.24. The minimum atomic E-state index is 0.773. The summed E-state index contributed by atoms with van der Waals surface area (Å²) in [5, 5.41) is 7.52. The average molecular weight is 261 g/mol. The fraction of sp³-hybridized carbons (Fsp3) is 0.357. The maximum absolute atomic E-state index is 5.24. The van der Waals surface area contributed by atoms with E-state index in [-0.39, 0.29) is 0 Å². The Labute approximate surface area is 113 Å². The summed E-state index contributed by atoms with van der Waals surface area (Å²) in [4.78, 5) is 0. The maximum Gasteiger partial charge on any atom is 0.122 e. The van der Waals surface area contributed by atoms with Gasteiger partial charge in [0.05, 0.1) is 20.8 Å². The van der Waals surface area contributed by atoms with E-state index in [0.29, 0.717) is 0 Å². The van der Waals surface area contributed by atoms with E-state index in [0.717, 1.165) is 36.7 Å². The summed E-state index contributed by atoms with van der Waals surface area (Å²) in [6, 6.07) is 7.80. The minimum absolute atomic E-state index is 0.773. The predicted molar refractivity (Wildman–Crippen MR) is 73.5 cm³/mol. The molecule has 0 atom stereocenters. The van der Waals surface area contributed by atoms with Crippen LogP contribution in [0.25, 0.3) is 0 Å². The molecule has 1 N–H and O–H groups in total. The number of benzene rings is 1. The molecule has 19 heavy (non-hydrogen) atoms. The summed E-state index contributed by atoms with van der Waals surface area (Å²) in [5.74, 6) is 1.62. The van der Waals surface area contributed by atoms with Crippen LogP contribution < -0.4 is 14.8 Å². The van der Waals surface area contributed by atoms with Crippen molar-refractivity contribution in [2.45, 2.75) is 13.1 Å². The second-order valence-electron chi connectivity index (χ2n) is 4.17. The van der Waals surface area contributed by atoms with Gasteiger partial charge < -0.3 is 14.8 Å². The molecule has 0 spiro atoms. The molecule has 1 heterocycles. The first-order valence-electron chi connectivity index (χ1n) is 6.22. The van der Waals surface area contributed by atoms with Crippen LogP contribution in [0.3, 0.4) is 0 Å². The summed E-state index contributed by atoms with van der Waals surface area (Å²) in [7, 11) is 3.31. The van der Waals surface area contributed by atoms with Crippen molar-refractivity contribution in [2.24, 2.45) is 0 Å². The lowest BCUT2D eigenvalue weighted by molar-refractivity contribution is 0.393. The monoisotopic (exact) mass is 261 g/mol. The fourth-order valence-electron chi connectivity index (χ4n) is 1.83. The van der Waals surface area contributed by atoms with Crippen LogP contribution in [0.2, 0.25) is 0 Å². The lowest BCUT2D eigenvalue weighted by Gasteiger charge is -2.09. The molecule has 0 bridgehead atoms. The molecular formula is C14H19N3O2. The van der Waals surface area contributed by atoms with Gasteiger partial charge in [0.2, 0.25) is 0 Å². The minimum Gasteiger partial charge on any atom is -0.497 e. The number of ether oxygens (including phenoxy) is 2. The number of hydrogen-bond acceptors (Lipinski definition) is 4. The van der Waals surface area contributed by atoms with E-state index in [1.54, 1.807) is 20.4 Å². The van der Waals surface area contributed by atoms with Crippen molar-refractivity contribution in [1.82, 2.24) is 15.1 Å². The summed E-state index contributed by atoms with van der Waals surface area (Å²) >= 11 is 0. The molecule has 0 fully saturated rings. The van der Waals surface area contributed by atoms with Gasteiger partial charge in [-0.05, 0) is 23.8 Å². The summed E-state index contributed by atoms with van der Waals surface area (Å²) in [6.07, 6.45) is 3.74. The van der Waals surface area contributed by atoms with Gasteiger partial charge in [-0.15, -0.1) is 0 Å². The van der Waals surface area contributed by atoms with Crippen molar-refractivity contribution in [3.05, 3.63) is 42.2 Å². The van der Waals surface area contributed by atoms with E-state index < -0.39 is 0 Å². The highest BCUT2D eigenvalue weighted by Gasteiger charge is 2.01. The van der Waals surface area contributed by atoms with E-state index in [1.807, 2.05) is 35.1 Å². The highest BCUT2D eigenvalue weighted by atomic mass is 16.5. The standard InChI is InChI=1S/C14H19N3O2/c1-18-13-8-12(9-14(10-13)19-2)11-15-5-7-17-6-3-4-16-17/h3-4,6,8-10,15H,5,7,11H2,1-2H3. The third-order valence-electron chi connectivity index (χ3n) is 2.82. The Bertz CT molecular complexity index is 475. The fourth-order valence-corrected chi connectivity index (χ4v) is 1.83. The third-order valence-corrected chi connectivity index (χ3v) is 2.82. The van der Waals surface area contributed by atoms with Gasteiger partial charge >= 0.3 is 0 Å². The Morgan fingerprint density at radius 1 is 1.16 bits per heavy atom. The smallest absolute Gasteiger partial charge is 0.122 e. The molecule has 5 heteroatoms. The van der Waals surface area contributed by atoms with Crippen LogP contribution >= 0.6 is 0 Å². The van der Waals surface area contributed by atoms with Crippen molar-refractivity contribution >= 4 is 0 Å². The van der Waals surface area contributed by atoms with E-state index in [4.69, 9.17) is 9.47 Å². The number of methoxy groups -OCH3 is 2. The molecular weight excluding hydrogens is 242 g/mol. The molecule has 0 unspecified atom stereocenters. The van der Waals surface area contributed by atoms with Gasteiger partial charge in [-0.3, -0.25) is 4.68 Å². The highest BCUT2D eigenvalue weighted by molar-refractivity contribution is 5.38. The molecule has 0 saturated heterocycles. The molecule has 2 aromatic rings. The zero-order chi connectivity index (χ0) is 13.5. The van der Waals surface area contributed by atoms with Crippen molar-refractivity contribution in [3.8, 4) is 11.5 Å². The molecule has 0 aliphatic heterocycles. The van der Waals surface area contributed by atoms with Crippen molar-refractivity contribution in [2.75, 3.05) is 20.8 Å². The van der Waals surface area contributed by atoms with Crippen LogP contribution in [0.4, 0.5) is 0 Å². The topological polar surface area (TPSA) is 48.3 Å². The molecule has 1 aromatic carbocycles. The number of nitrogens with zero attached hydrogens (tertiary/aromatic N) is 2. The number of hydrogen-bond donors (Lipinski definition) is 1. The molecule has 102 valence electrons. The average Bonchev–Trinajstić information content (AvgIpc) is 2.96. The van der Waals surface area contributed by atoms with E-state index >= 15 is 0 Å². The Morgan fingerprint density at radius 2 is 1.89 bits per heavy atom. The first kappa shape index (κ1) is 13.4. The van der Waals surface area contributed by atoms with Crippen molar-refractivity contribution < 1.29 is 9.47 Å². The van der Waals surface area contributed by atoms with E-state index in [1.165, 1.54) is 0 Å². The molecule has 0 aliphatic carbocycles. The van der Waals surface area contributed by atoms with Gasteiger partial charge in [0.25, 0.3) is 0 Å². The Hall–Kier alpha value is -2.01. The van der Waals surface area contributed by atoms with E-state index in [9.17, 15) is 0 Å². The molecule has 0 amide bonds. The van der Waals surface area contributed by atoms with Crippen LogP contribution in [0.1, 0.15) is 5.56 Å². The first-order valence-corrected chi connectivity index (χ1v) is 6.22. The van der Waals surface area contributed by atoms with Gasteiger partial charge in [-0.1, -0.05) is 0 Å². The van der Waals surface area contributed by atoms with Gasteiger partial charge in [0, 0.05) is 31.5 Å². The van der Waals surface area contributed by atoms with Gasteiger partial charge in [0.1, 0.15) is 11.5 Å². The lowest BCUT2D eigenvalue weighted by atomic mass is 10.2. The zero-order valence-corrected chi connectivity index (χ0v) is 11.3. The predicted octanol–water partition coefficient (Wildman–Crippen LogP) is 1.69. The summed E-state index contributed by atoms with van der Waals surface area (Å²) in [5.41, 5.74) is 1.14. The van der Waals surface area contributed by atoms with Gasteiger partial charge in [-0.2, -0.15) is 5.10 Å². The van der Waals surface area contributed by atoms with Crippen molar-refractivity contribution in [1.29, 1.82) is 0 Å². The largest absolute Gasteiger partial charge is 0.497 e. The number of rotatable bonds is 7. The molecule has 1 aromatic heterocycles. The Morgan fingerprint density at radius 3 is 2.47 bits per heavy atom.